The number of rotatable bonds is 6. The van der Waals surface area contributed by atoms with Crippen LogP contribution in [0.25, 0.3) is 10.1 Å². The molecule has 1 atom stereocenters. The van der Waals surface area contributed by atoms with E-state index < -0.39 is 28.2 Å². The van der Waals surface area contributed by atoms with Gasteiger partial charge in [-0.25, -0.2) is 13.2 Å². The minimum absolute atomic E-state index is 0.0335. The maximum Gasteiger partial charge on any atom is 0.490 e. The third kappa shape index (κ3) is 6.84. The maximum atomic E-state index is 12.9. The molecule has 1 aromatic heterocycles. The molecule has 1 aliphatic rings. The van der Waals surface area contributed by atoms with Crippen molar-refractivity contribution in [3.8, 4) is 0 Å². The van der Waals surface area contributed by atoms with Crippen LogP contribution in [-0.2, 0) is 26.2 Å². The molecule has 0 saturated carbocycles. The number of halogens is 3. The highest BCUT2D eigenvalue weighted by Crippen LogP contribution is 2.31. The Morgan fingerprint density at radius 1 is 1.24 bits per heavy atom. The quantitative estimate of drug-likeness (QED) is 0.270. The van der Waals surface area contributed by atoms with Crippen LogP contribution < -0.4 is 10.5 Å². The number of hydrogen-bond acceptors (Lipinski definition) is 6. The number of alkyl halides is 3. The van der Waals surface area contributed by atoms with Gasteiger partial charge in [0.2, 0.25) is 5.91 Å². The van der Waals surface area contributed by atoms with Gasteiger partial charge in [0.05, 0.1) is 0 Å². The average Bonchev–Trinajstić information content (AvgIpc) is 3.40. The van der Waals surface area contributed by atoms with Crippen LogP contribution in [0, 0.1) is 12.3 Å². The van der Waals surface area contributed by atoms with Crippen molar-refractivity contribution >= 4 is 49.2 Å². The zero-order valence-corrected chi connectivity index (χ0v) is 21.0. The predicted molar refractivity (Wildman–Crippen MR) is 132 cm³/mol. The molecule has 0 unspecified atom stereocenters. The number of carbonyl (C=O) groups excluding carboxylic acids is 1. The fourth-order valence-electron chi connectivity index (χ4n) is 3.62. The van der Waals surface area contributed by atoms with Gasteiger partial charge in [0.1, 0.15) is 16.1 Å². The first-order valence-electron chi connectivity index (χ1n) is 10.7. The maximum absolute atomic E-state index is 12.9. The van der Waals surface area contributed by atoms with Crippen molar-refractivity contribution in [3.63, 3.8) is 0 Å². The number of amidine groups is 1. The number of nitrogens with zero attached hydrogens (tertiary/aromatic N) is 1. The summed E-state index contributed by atoms with van der Waals surface area (Å²) in [6.07, 6.45) is -4.67. The average molecular weight is 557 g/mol. The lowest BCUT2D eigenvalue weighted by atomic mass is 10.1. The second-order valence-corrected chi connectivity index (χ2v) is 11.2. The minimum Gasteiger partial charge on any atom is -0.475 e. The Kier molecular flexibility index (Phi) is 8.25. The summed E-state index contributed by atoms with van der Waals surface area (Å²) >= 11 is 1.20. The van der Waals surface area contributed by atoms with Crippen LogP contribution in [-0.4, -0.2) is 54.9 Å². The van der Waals surface area contributed by atoms with Gasteiger partial charge in [0, 0.05) is 23.4 Å². The summed E-state index contributed by atoms with van der Waals surface area (Å²) in [6.45, 7) is 2.75. The topological polar surface area (TPSA) is 154 Å². The van der Waals surface area contributed by atoms with Crippen LogP contribution in [0.5, 0.6) is 0 Å². The first-order valence-corrected chi connectivity index (χ1v) is 13.0. The van der Waals surface area contributed by atoms with Crippen molar-refractivity contribution in [2.45, 2.75) is 36.3 Å². The lowest BCUT2D eigenvalue weighted by Gasteiger charge is -2.17. The van der Waals surface area contributed by atoms with E-state index in [1.807, 2.05) is 31.2 Å². The SMILES string of the molecule is Cc1cccc2sc(S(=O)(=O)N[C@H]3CCN(Cc4cccc(C(=N)N)c4)C3=O)cc12.O=C(O)C(F)(F)F. The van der Waals surface area contributed by atoms with Gasteiger partial charge >= 0.3 is 12.1 Å². The fraction of sp³-hybridized carbons (Fsp3) is 0.261. The molecule has 4 rings (SSSR count). The number of amides is 1. The first kappa shape index (κ1) is 28.1. The number of nitrogen functional groups attached to an aromatic ring is 1. The molecule has 5 N–H and O–H groups in total. The molecule has 3 aromatic rings. The number of hydrogen-bond donors (Lipinski definition) is 4. The second kappa shape index (κ2) is 10.9. The summed E-state index contributed by atoms with van der Waals surface area (Å²) in [7, 11) is -3.79. The number of fused-ring (bicyclic) bond motifs is 1. The van der Waals surface area contributed by atoms with Gasteiger partial charge in [-0.1, -0.05) is 30.3 Å². The van der Waals surface area contributed by atoms with Crippen LogP contribution >= 0.6 is 11.3 Å². The number of aryl methyl sites for hydroxylation is 1. The molecule has 2 aromatic carbocycles. The van der Waals surface area contributed by atoms with E-state index in [0.717, 1.165) is 21.2 Å². The van der Waals surface area contributed by atoms with E-state index >= 15 is 0 Å². The van der Waals surface area contributed by atoms with Crippen LogP contribution in [0.3, 0.4) is 0 Å². The Bertz CT molecular complexity index is 1450. The number of likely N-dealkylation sites (tertiary alicyclic amines) is 1. The molecule has 14 heteroatoms. The molecule has 2 heterocycles. The summed E-state index contributed by atoms with van der Waals surface area (Å²) in [5.74, 6) is -3.04. The van der Waals surface area contributed by atoms with Crippen LogP contribution in [0.4, 0.5) is 13.2 Å². The molecule has 0 radical (unpaired) electrons. The number of nitrogens with two attached hydrogens (primary N) is 1. The largest absolute Gasteiger partial charge is 0.490 e. The van der Waals surface area contributed by atoms with E-state index in [4.69, 9.17) is 21.0 Å². The van der Waals surface area contributed by atoms with Crippen molar-refractivity contribution in [1.29, 1.82) is 5.41 Å². The lowest BCUT2D eigenvalue weighted by molar-refractivity contribution is -0.192. The molecule has 37 heavy (non-hydrogen) atoms. The highest BCUT2D eigenvalue weighted by atomic mass is 32.2. The van der Waals surface area contributed by atoms with Gasteiger partial charge in [-0.2, -0.15) is 17.9 Å². The van der Waals surface area contributed by atoms with E-state index in [0.29, 0.717) is 25.1 Å². The van der Waals surface area contributed by atoms with Gasteiger partial charge in [0.15, 0.2) is 0 Å². The summed E-state index contributed by atoms with van der Waals surface area (Å²) < 4.78 is 61.2. The molecule has 198 valence electrons. The fourth-order valence-corrected chi connectivity index (χ4v) is 6.33. The summed E-state index contributed by atoms with van der Waals surface area (Å²) in [4.78, 5) is 23.3. The predicted octanol–water partition coefficient (Wildman–Crippen LogP) is 3.21. The molecule has 0 aliphatic carbocycles. The van der Waals surface area contributed by atoms with Gasteiger partial charge in [-0.05, 0) is 48.1 Å². The number of carboxylic acids is 1. The number of benzene rings is 2. The van der Waals surface area contributed by atoms with Gasteiger partial charge in [0.25, 0.3) is 10.0 Å². The summed E-state index contributed by atoms with van der Waals surface area (Å²) in [5.41, 5.74) is 7.98. The lowest BCUT2D eigenvalue weighted by Crippen LogP contribution is -2.41. The second-order valence-electron chi connectivity index (χ2n) is 8.19. The van der Waals surface area contributed by atoms with Crippen molar-refractivity contribution < 1.29 is 36.3 Å². The number of aliphatic carboxylic acids is 1. The van der Waals surface area contributed by atoms with Gasteiger partial charge in [-0.3, -0.25) is 10.2 Å². The minimum atomic E-state index is -5.08. The first-order chi connectivity index (χ1) is 17.2. The summed E-state index contributed by atoms with van der Waals surface area (Å²) in [5, 5.41) is 15.6. The van der Waals surface area contributed by atoms with Crippen molar-refractivity contribution in [1.82, 2.24) is 9.62 Å². The van der Waals surface area contributed by atoms with E-state index in [9.17, 15) is 26.4 Å². The Morgan fingerprint density at radius 3 is 2.49 bits per heavy atom. The van der Waals surface area contributed by atoms with E-state index in [-0.39, 0.29) is 16.0 Å². The molecule has 1 aliphatic heterocycles. The number of thiophene rings is 1. The number of sulfonamides is 1. The van der Waals surface area contributed by atoms with Crippen LogP contribution in [0.1, 0.15) is 23.1 Å². The third-order valence-corrected chi connectivity index (χ3v) is 8.52. The molecule has 9 nitrogen and oxygen atoms in total. The third-order valence-electron chi connectivity index (χ3n) is 5.47. The van der Waals surface area contributed by atoms with Crippen molar-refractivity contribution in [3.05, 3.63) is 65.2 Å². The standard InChI is InChI=1S/C21H22N4O3S2.C2HF3O2/c1-13-4-2-7-18-16(13)11-19(29-18)30(27,28)24-17-8-9-25(21(17)26)12-14-5-3-6-15(10-14)20(22)23;3-2(4,5)1(6)7/h2-7,10-11,17,24H,8-9,12H2,1H3,(H3,22,23);(H,6,7)/t17-;/m0./s1. The van der Waals surface area contributed by atoms with Gasteiger partial charge < -0.3 is 15.7 Å². The number of carboxylic acid groups (broad SMARTS) is 1. The van der Waals surface area contributed by atoms with Crippen molar-refractivity contribution in [2.75, 3.05) is 6.54 Å². The number of carbonyl (C=O) groups is 2. The van der Waals surface area contributed by atoms with E-state index in [2.05, 4.69) is 4.72 Å². The highest BCUT2D eigenvalue weighted by Gasteiger charge is 2.38. The Balaban J connectivity index is 0.000000479. The highest BCUT2D eigenvalue weighted by molar-refractivity contribution is 7.91. The molecule has 1 amide bonds. The summed E-state index contributed by atoms with van der Waals surface area (Å²) in [6, 6.07) is 13.8. The molecule has 1 saturated heterocycles. The normalized spacial score (nSPS) is 15.9. The Morgan fingerprint density at radius 2 is 1.89 bits per heavy atom. The van der Waals surface area contributed by atoms with Crippen LogP contribution in [0.15, 0.2) is 52.7 Å². The molecule has 0 spiro atoms. The number of nitrogens with one attached hydrogen (secondary N) is 2. The monoisotopic (exact) mass is 556 g/mol. The van der Waals surface area contributed by atoms with Crippen molar-refractivity contribution in [2.24, 2.45) is 5.73 Å². The Hall–Kier alpha value is -3.49. The molecular weight excluding hydrogens is 533 g/mol. The molecule has 1 fully saturated rings. The molecule has 0 bridgehead atoms. The van der Waals surface area contributed by atoms with Crippen LogP contribution in [0.2, 0.25) is 0 Å². The smallest absolute Gasteiger partial charge is 0.475 e. The zero-order chi connectivity index (χ0) is 27.5. The van der Waals surface area contributed by atoms with E-state index in [1.54, 1.807) is 29.2 Å². The molecular formula is C23H23F3N4O5S2. The Labute approximate surface area is 214 Å². The zero-order valence-electron chi connectivity index (χ0n) is 19.4. The van der Waals surface area contributed by atoms with E-state index in [1.165, 1.54) is 11.3 Å². The van der Waals surface area contributed by atoms with Gasteiger partial charge in [-0.15, -0.1) is 11.3 Å².